The molecule has 4 nitrogen and oxygen atoms in total. The van der Waals surface area contributed by atoms with Gasteiger partial charge in [0, 0.05) is 14.9 Å². The van der Waals surface area contributed by atoms with Crippen LogP contribution in [0, 0.1) is 5.41 Å². The lowest BCUT2D eigenvalue weighted by atomic mass is 9.80. The number of carbonyl (C=O) groups is 2. The summed E-state index contributed by atoms with van der Waals surface area (Å²) < 4.78 is 1.03. The van der Waals surface area contributed by atoms with E-state index in [1.54, 1.807) is 12.2 Å². The Morgan fingerprint density at radius 1 is 1.15 bits per heavy atom. The van der Waals surface area contributed by atoms with E-state index in [4.69, 9.17) is 0 Å². The minimum absolute atomic E-state index is 0.123. The van der Waals surface area contributed by atoms with Gasteiger partial charge in [0.1, 0.15) is 0 Å². The highest BCUT2D eigenvalue weighted by Gasteiger charge is 2.48. The summed E-state index contributed by atoms with van der Waals surface area (Å²) in [6.45, 7) is 0. The normalized spacial score (nSPS) is 20.3. The average molecular weight is 402 g/mol. The topological polar surface area (TPSA) is 74.6 Å². The summed E-state index contributed by atoms with van der Waals surface area (Å²) in [6.07, 6.45) is 4.41. The van der Waals surface area contributed by atoms with E-state index >= 15 is 0 Å². The second-order valence-electron chi connectivity index (χ2n) is 4.37. The third-order valence-corrected chi connectivity index (χ3v) is 4.55. The number of hydrogen-bond donors (Lipinski definition) is 2. The van der Waals surface area contributed by atoms with Gasteiger partial charge in [0.2, 0.25) is 5.41 Å². The first-order valence-corrected chi connectivity index (χ1v) is 7.26. The Morgan fingerprint density at radius 2 is 1.80 bits per heavy atom. The number of halogens is 2. The lowest BCUT2D eigenvalue weighted by molar-refractivity contribution is -0.157. The van der Waals surface area contributed by atoms with Gasteiger partial charge >= 0.3 is 11.9 Å². The zero-order chi connectivity index (χ0) is 14.9. The molecular formula is C14H10Br2O4. The minimum atomic E-state index is -2.04. The SMILES string of the molecule is O=C(O)C1(C(=O)O)C=CC(c2cccc(Br)c2)C=C1Br. The smallest absolute Gasteiger partial charge is 0.330 e. The first kappa shape index (κ1) is 15.0. The quantitative estimate of drug-likeness (QED) is 0.600. The highest BCUT2D eigenvalue weighted by Crippen LogP contribution is 2.41. The van der Waals surface area contributed by atoms with Gasteiger partial charge in [-0.25, -0.2) is 0 Å². The van der Waals surface area contributed by atoms with Gasteiger partial charge in [-0.1, -0.05) is 62.2 Å². The standard InChI is InChI=1S/C14H10Br2O4/c15-10-3-1-2-8(6-10)9-4-5-14(12(17)18,13(19)20)11(16)7-9/h1-7,9H,(H,17,18)(H,19,20). The molecule has 0 spiro atoms. The van der Waals surface area contributed by atoms with Gasteiger partial charge in [-0.05, 0) is 17.7 Å². The summed E-state index contributed by atoms with van der Waals surface area (Å²) >= 11 is 6.47. The molecule has 0 saturated heterocycles. The third-order valence-electron chi connectivity index (χ3n) is 3.16. The molecule has 0 aromatic heterocycles. The van der Waals surface area contributed by atoms with E-state index in [0.29, 0.717) is 0 Å². The van der Waals surface area contributed by atoms with E-state index in [9.17, 15) is 19.8 Å². The Hall–Kier alpha value is -1.40. The van der Waals surface area contributed by atoms with Crippen molar-refractivity contribution in [1.29, 1.82) is 0 Å². The van der Waals surface area contributed by atoms with Crippen molar-refractivity contribution >= 4 is 43.8 Å². The molecule has 0 amide bonds. The van der Waals surface area contributed by atoms with E-state index in [-0.39, 0.29) is 10.4 Å². The molecule has 2 rings (SSSR count). The maximum atomic E-state index is 11.3. The van der Waals surface area contributed by atoms with Crippen molar-refractivity contribution in [3.05, 3.63) is 57.0 Å². The summed E-state index contributed by atoms with van der Waals surface area (Å²) in [6, 6.07) is 7.55. The number of allylic oxidation sites excluding steroid dienone is 2. The number of rotatable bonds is 3. The number of carboxylic acids is 2. The van der Waals surface area contributed by atoms with Gasteiger partial charge < -0.3 is 10.2 Å². The molecule has 104 valence electrons. The molecule has 1 unspecified atom stereocenters. The zero-order valence-electron chi connectivity index (χ0n) is 10.1. The van der Waals surface area contributed by atoms with Crippen LogP contribution in [0.25, 0.3) is 0 Å². The number of carboxylic acid groups (broad SMARTS) is 2. The Morgan fingerprint density at radius 3 is 2.30 bits per heavy atom. The molecule has 1 aromatic carbocycles. The summed E-state index contributed by atoms with van der Waals surface area (Å²) in [5, 5.41) is 18.4. The van der Waals surface area contributed by atoms with Crippen LogP contribution in [0.4, 0.5) is 0 Å². The highest BCUT2D eigenvalue weighted by atomic mass is 79.9. The van der Waals surface area contributed by atoms with Crippen molar-refractivity contribution in [3.63, 3.8) is 0 Å². The van der Waals surface area contributed by atoms with Crippen molar-refractivity contribution in [3.8, 4) is 0 Å². The molecule has 0 aliphatic heterocycles. The first-order valence-electron chi connectivity index (χ1n) is 5.67. The van der Waals surface area contributed by atoms with Crippen LogP contribution in [0.15, 0.2) is 51.4 Å². The van der Waals surface area contributed by atoms with Crippen LogP contribution in [0.3, 0.4) is 0 Å². The number of hydrogen-bond acceptors (Lipinski definition) is 2. The third kappa shape index (κ3) is 2.45. The molecule has 0 radical (unpaired) electrons. The maximum absolute atomic E-state index is 11.3. The Kier molecular flexibility index (Phi) is 4.15. The fourth-order valence-corrected chi connectivity index (χ4v) is 3.20. The molecule has 6 heteroatoms. The molecule has 1 aliphatic rings. The number of benzene rings is 1. The van der Waals surface area contributed by atoms with Crippen molar-refractivity contribution in [2.24, 2.45) is 5.41 Å². The molecule has 20 heavy (non-hydrogen) atoms. The fraction of sp³-hybridized carbons (Fsp3) is 0.143. The predicted molar refractivity (Wildman–Crippen MR) is 80.7 cm³/mol. The van der Waals surface area contributed by atoms with Crippen molar-refractivity contribution in [2.75, 3.05) is 0 Å². The molecule has 2 N–H and O–H groups in total. The Labute approximate surface area is 132 Å². The fourth-order valence-electron chi connectivity index (χ4n) is 2.03. The zero-order valence-corrected chi connectivity index (χ0v) is 13.3. The van der Waals surface area contributed by atoms with Gasteiger partial charge in [-0.2, -0.15) is 0 Å². The maximum Gasteiger partial charge on any atom is 0.330 e. The van der Waals surface area contributed by atoms with Crippen LogP contribution in [0.5, 0.6) is 0 Å². The molecule has 1 aromatic rings. The van der Waals surface area contributed by atoms with Crippen molar-refractivity contribution < 1.29 is 19.8 Å². The molecular weight excluding hydrogens is 392 g/mol. The monoisotopic (exact) mass is 400 g/mol. The van der Waals surface area contributed by atoms with Gasteiger partial charge in [-0.15, -0.1) is 0 Å². The lowest BCUT2D eigenvalue weighted by Gasteiger charge is -2.26. The molecule has 0 fully saturated rings. The second-order valence-corrected chi connectivity index (χ2v) is 6.14. The van der Waals surface area contributed by atoms with E-state index in [1.807, 2.05) is 24.3 Å². The van der Waals surface area contributed by atoms with Crippen LogP contribution < -0.4 is 0 Å². The summed E-state index contributed by atoms with van der Waals surface area (Å²) in [5.74, 6) is -3.01. The van der Waals surface area contributed by atoms with Crippen LogP contribution in [-0.2, 0) is 9.59 Å². The van der Waals surface area contributed by atoms with Crippen molar-refractivity contribution in [2.45, 2.75) is 5.92 Å². The second kappa shape index (κ2) is 5.54. The van der Waals surface area contributed by atoms with E-state index < -0.39 is 17.4 Å². The van der Waals surface area contributed by atoms with E-state index in [2.05, 4.69) is 31.9 Å². The predicted octanol–water partition coefficient (Wildman–Crippen LogP) is 3.54. The summed E-state index contributed by atoms with van der Waals surface area (Å²) in [7, 11) is 0. The molecule has 0 bridgehead atoms. The molecule has 1 atom stereocenters. The van der Waals surface area contributed by atoms with Crippen molar-refractivity contribution in [1.82, 2.24) is 0 Å². The minimum Gasteiger partial charge on any atom is -0.480 e. The van der Waals surface area contributed by atoms with Crippen LogP contribution in [-0.4, -0.2) is 22.2 Å². The Balaban J connectivity index is 2.44. The van der Waals surface area contributed by atoms with Crippen LogP contribution >= 0.6 is 31.9 Å². The van der Waals surface area contributed by atoms with Gasteiger partial charge in [0.25, 0.3) is 0 Å². The van der Waals surface area contributed by atoms with Gasteiger partial charge in [0.15, 0.2) is 0 Å². The molecule has 0 heterocycles. The largest absolute Gasteiger partial charge is 0.480 e. The first-order chi connectivity index (χ1) is 9.37. The van der Waals surface area contributed by atoms with E-state index in [1.165, 1.54) is 6.08 Å². The number of aliphatic carboxylic acids is 2. The Bertz CT molecular complexity index is 620. The summed E-state index contributed by atoms with van der Waals surface area (Å²) in [4.78, 5) is 22.6. The molecule has 1 aliphatic carbocycles. The lowest BCUT2D eigenvalue weighted by Crippen LogP contribution is -2.39. The molecule has 0 saturated carbocycles. The van der Waals surface area contributed by atoms with E-state index in [0.717, 1.165) is 10.0 Å². The van der Waals surface area contributed by atoms with Gasteiger partial charge in [0.05, 0.1) is 0 Å². The van der Waals surface area contributed by atoms with Gasteiger partial charge in [-0.3, -0.25) is 9.59 Å². The van der Waals surface area contributed by atoms with Crippen LogP contribution in [0.2, 0.25) is 0 Å². The summed E-state index contributed by atoms with van der Waals surface area (Å²) in [5.41, 5.74) is -1.10. The highest BCUT2D eigenvalue weighted by molar-refractivity contribution is 9.11. The average Bonchev–Trinajstić information content (AvgIpc) is 2.37. The van der Waals surface area contributed by atoms with Crippen LogP contribution in [0.1, 0.15) is 11.5 Å².